The summed E-state index contributed by atoms with van der Waals surface area (Å²) in [5.74, 6) is 1.79. The minimum Gasteiger partial charge on any atom is -0.486 e. The molecule has 20 heavy (non-hydrogen) atoms. The van der Waals surface area contributed by atoms with Gasteiger partial charge in [0, 0.05) is 13.1 Å². The van der Waals surface area contributed by atoms with E-state index in [9.17, 15) is 4.79 Å². The van der Waals surface area contributed by atoms with E-state index < -0.39 is 0 Å². The predicted octanol–water partition coefficient (Wildman–Crippen LogP) is 1.24. The van der Waals surface area contributed by atoms with Gasteiger partial charge in [0.1, 0.15) is 13.2 Å². The maximum atomic E-state index is 12.0. The fraction of sp³-hybridized carbons (Fsp3) is 0.533. The Labute approximate surface area is 118 Å². The van der Waals surface area contributed by atoms with E-state index in [1.807, 2.05) is 18.2 Å². The summed E-state index contributed by atoms with van der Waals surface area (Å²) in [6, 6.07) is 5.92. The van der Waals surface area contributed by atoms with Crippen LogP contribution in [0.1, 0.15) is 24.9 Å². The molecule has 0 saturated carbocycles. The molecule has 3 rings (SSSR count). The van der Waals surface area contributed by atoms with Crippen LogP contribution in [0.3, 0.4) is 0 Å². The Morgan fingerprint density at radius 3 is 2.75 bits per heavy atom. The Kier molecular flexibility index (Phi) is 3.78. The summed E-state index contributed by atoms with van der Waals surface area (Å²) < 4.78 is 11.1. The Hall–Kier alpha value is -1.75. The summed E-state index contributed by atoms with van der Waals surface area (Å²) in [4.78, 5) is 12.0. The van der Waals surface area contributed by atoms with E-state index in [0.29, 0.717) is 13.2 Å². The summed E-state index contributed by atoms with van der Waals surface area (Å²) in [7, 11) is 0. The highest BCUT2D eigenvalue weighted by molar-refractivity contribution is 5.80. The third-order valence-electron chi connectivity index (χ3n) is 3.85. The van der Waals surface area contributed by atoms with Crippen LogP contribution in [0.4, 0.5) is 0 Å². The molecule has 1 aromatic carbocycles. The lowest BCUT2D eigenvalue weighted by Crippen LogP contribution is -2.51. The zero-order valence-electron chi connectivity index (χ0n) is 11.6. The van der Waals surface area contributed by atoms with Gasteiger partial charge in [0.15, 0.2) is 11.5 Å². The number of ether oxygens (including phenoxy) is 2. The van der Waals surface area contributed by atoms with Gasteiger partial charge in [-0.3, -0.25) is 4.79 Å². The Balaban J connectivity index is 1.73. The van der Waals surface area contributed by atoms with E-state index in [1.165, 1.54) is 0 Å². The van der Waals surface area contributed by atoms with Gasteiger partial charge in [-0.05, 0) is 24.1 Å². The van der Waals surface area contributed by atoms with E-state index in [4.69, 9.17) is 9.47 Å². The number of carbonyl (C=O) groups is 1. The van der Waals surface area contributed by atoms with Crippen molar-refractivity contribution in [3.05, 3.63) is 23.8 Å². The van der Waals surface area contributed by atoms with Crippen molar-refractivity contribution in [2.75, 3.05) is 26.3 Å². The maximum absolute atomic E-state index is 12.0. The molecular formula is C15H20N2O3. The fourth-order valence-electron chi connectivity index (χ4n) is 2.46. The number of hydrogen-bond donors (Lipinski definition) is 2. The molecule has 0 bridgehead atoms. The molecule has 5 nitrogen and oxygen atoms in total. The van der Waals surface area contributed by atoms with Crippen LogP contribution in [0.2, 0.25) is 0 Å². The van der Waals surface area contributed by atoms with E-state index in [-0.39, 0.29) is 17.9 Å². The molecular weight excluding hydrogens is 256 g/mol. The van der Waals surface area contributed by atoms with E-state index in [0.717, 1.165) is 36.6 Å². The van der Waals surface area contributed by atoms with Crippen molar-refractivity contribution in [3.8, 4) is 11.5 Å². The molecule has 1 atom stereocenters. The average molecular weight is 276 g/mol. The highest BCUT2D eigenvalue weighted by Gasteiger charge is 2.27. The van der Waals surface area contributed by atoms with Crippen LogP contribution in [-0.2, 0) is 4.79 Å². The summed E-state index contributed by atoms with van der Waals surface area (Å²) in [6.45, 7) is 4.80. The minimum atomic E-state index is 0.0268. The molecule has 1 fully saturated rings. The van der Waals surface area contributed by atoms with Crippen molar-refractivity contribution in [2.45, 2.75) is 19.4 Å². The molecule has 0 spiro atoms. The van der Waals surface area contributed by atoms with Gasteiger partial charge in [0.05, 0.1) is 12.0 Å². The largest absolute Gasteiger partial charge is 0.486 e. The van der Waals surface area contributed by atoms with Crippen molar-refractivity contribution in [1.29, 1.82) is 0 Å². The fourth-order valence-corrected chi connectivity index (χ4v) is 2.46. The molecule has 5 heteroatoms. The molecule has 2 aliphatic heterocycles. The van der Waals surface area contributed by atoms with Crippen LogP contribution in [0.25, 0.3) is 0 Å². The lowest BCUT2D eigenvalue weighted by atomic mass is 9.99. The number of carbonyl (C=O) groups excluding carboxylic acids is 1. The molecule has 1 aromatic rings. The molecule has 2 aliphatic rings. The van der Waals surface area contributed by atoms with Gasteiger partial charge < -0.3 is 20.1 Å². The van der Waals surface area contributed by atoms with Crippen LogP contribution in [0, 0.1) is 5.92 Å². The summed E-state index contributed by atoms with van der Waals surface area (Å²) in [5.41, 5.74) is 1.07. The Morgan fingerprint density at radius 2 is 2.10 bits per heavy atom. The van der Waals surface area contributed by atoms with E-state index in [2.05, 4.69) is 17.6 Å². The molecule has 1 amide bonds. The van der Waals surface area contributed by atoms with E-state index in [1.54, 1.807) is 0 Å². The lowest BCUT2D eigenvalue weighted by Gasteiger charge is -2.29. The van der Waals surface area contributed by atoms with E-state index >= 15 is 0 Å². The van der Waals surface area contributed by atoms with Gasteiger partial charge in [0.2, 0.25) is 5.91 Å². The summed E-state index contributed by atoms with van der Waals surface area (Å²) in [6.07, 6.45) is 0.853. The molecule has 0 aromatic heterocycles. The average Bonchev–Trinajstić information content (AvgIpc) is 2.42. The minimum absolute atomic E-state index is 0.0268. The number of rotatable bonds is 4. The predicted molar refractivity (Wildman–Crippen MR) is 75.0 cm³/mol. The van der Waals surface area contributed by atoms with Gasteiger partial charge in [-0.1, -0.05) is 13.0 Å². The first kappa shape index (κ1) is 13.2. The highest BCUT2D eigenvalue weighted by atomic mass is 16.6. The zero-order valence-corrected chi connectivity index (χ0v) is 11.6. The quantitative estimate of drug-likeness (QED) is 0.869. The molecule has 1 unspecified atom stereocenters. The normalized spacial score (nSPS) is 19.1. The van der Waals surface area contributed by atoms with Crippen LogP contribution in [0.15, 0.2) is 18.2 Å². The van der Waals surface area contributed by atoms with Gasteiger partial charge >= 0.3 is 0 Å². The van der Waals surface area contributed by atoms with Gasteiger partial charge in [-0.15, -0.1) is 0 Å². The summed E-state index contributed by atoms with van der Waals surface area (Å²) >= 11 is 0. The smallest absolute Gasteiger partial charge is 0.226 e. The van der Waals surface area contributed by atoms with Crippen LogP contribution in [0.5, 0.6) is 11.5 Å². The summed E-state index contributed by atoms with van der Waals surface area (Å²) in [5, 5.41) is 6.23. The standard InChI is InChI=1S/C15H20N2O3/c1-2-12(17-15(18)11-8-16-9-11)10-3-4-13-14(7-10)20-6-5-19-13/h3-4,7,11-12,16H,2,5-6,8-9H2,1H3,(H,17,18). The molecule has 2 N–H and O–H groups in total. The molecule has 108 valence electrons. The second-order valence-corrected chi connectivity index (χ2v) is 5.23. The van der Waals surface area contributed by atoms with Gasteiger partial charge in [-0.2, -0.15) is 0 Å². The Morgan fingerprint density at radius 1 is 1.35 bits per heavy atom. The number of amides is 1. The van der Waals surface area contributed by atoms with Crippen LogP contribution in [-0.4, -0.2) is 32.2 Å². The van der Waals surface area contributed by atoms with Crippen molar-refractivity contribution in [3.63, 3.8) is 0 Å². The first-order valence-electron chi connectivity index (χ1n) is 7.18. The number of fused-ring (bicyclic) bond motifs is 1. The van der Waals surface area contributed by atoms with Crippen molar-refractivity contribution < 1.29 is 14.3 Å². The third-order valence-corrected chi connectivity index (χ3v) is 3.85. The number of nitrogens with one attached hydrogen (secondary N) is 2. The first-order chi connectivity index (χ1) is 9.78. The maximum Gasteiger partial charge on any atom is 0.226 e. The molecule has 0 aliphatic carbocycles. The highest BCUT2D eigenvalue weighted by Crippen LogP contribution is 2.33. The SMILES string of the molecule is CCC(NC(=O)C1CNC1)c1ccc2c(c1)OCCO2. The third kappa shape index (κ3) is 2.58. The lowest BCUT2D eigenvalue weighted by molar-refractivity contribution is -0.127. The Bertz CT molecular complexity index is 500. The van der Waals surface area contributed by atoms with Crippen LogP contribution >= 0.6 is 0 Å². The monoisotopic (exact) mass is 276 g/mol. The van der Waals surface area contributed by atoms with Crippen molar-refractivity contribution in [2.24, 2.45) is 5.92 Å². The second kappa shape index (κ2) is 5.71. The topological polar surface area (TPSA) is 59.6 Å². The zero-order chi connectivity index (χ0) is 13.9. The van der Waals surface area contributed by atoms with Crippen molar-refractivity contribution >= 4 is 5.91 Å². The molecule has 0 radical (unpaired) electrons. The van der Waals surface area contributed by atoms with Gasteiger partial charge in [0.25, 0.3) is 0 Å². The van der Waals surface area contributed by atoms with Crippen molar-refractivity contribution in [1.82, 2.24) is 10.6 Å². The molecule has 1 saturated heterocycles. The molecule has 2 heterocycles. The van der Waals surface area contributed by atoms with Gasteiger partial charge in [-0.25, -0.2) is 0 Å². The first-order valence-corrected chi connectivity index (χ1v) is 7.18. The van der Waals surface area contributed by atoms with Crippen LogP contribution < -0.4 is 20.1 Å². The number of benzene rings is 1. The second-order valence-electron chi connectivity index (χ2n) is 5.23. The number of hydrogen-bond acceptors (Lipinski definition) is 4.